The van der Waals surface area contributed by atoms with E-state index in [-0.39, 0.29) is 30.7 Å². The van der Waals surface area contributed by atoms with Gasteiger partial charge in [-0.2, -0.15) is 0 Å². The largest absolute Gasteiger partial charge is 0.469 e. The van der Waals surface area contributed by atoms with Crippen LogP contribution in [-0.2, 0) is 19.1 Å². The van der Waals surface area contributed by atoms with Crippen molar-refractivity contribution in [1.82, 2.24) is 15.5 Å². The highest BCUT2D eigenvalue weighted by molar-refractivity contribution is 5.78. The van der Waals surface area contributed by atoms with Gasteiger partial charge in [-0.25, -0.2) is 0 Å². The number of nitrogens with one attached hydrogen (secondary N) is 2. The SMILES string of the molecule is CCN(CCC(=O)OC)CC(=O)NCCNC(C)=O. The first-order chi connectivity index (χ1) is 8.99. The molecule has 2 amide bonds. The fourth-order valence-electron chi connectivity index (χ4n) is 1.40. The van der Waals surface area contributed by atoms with E-state index in [1.54, 1.807) is 0 Å². The van der Waals surface area contributed by atoms with E-state index in [4.69, 9.17) is 0 Å². The van der Waals surface area contributed by atoms with Crippen LogP contribution in [-0.4, -0.2) is 62.5 Å². The van der Waals surface area contributed by atoms with Crippen LogP contribution < -0.4 is 10.6 Å². The van der Waals surface area contributed by atoms with Crippen molar-refractivity contribution in [3.63, 3.8) is 0 Å². The number of rotatable bonds is 9. The minimum absolute atomic E-state index is 0.123. The van der Waals surface area contributed by atoms with Crippen LogP contribution in [0.15, 0.2) is 0 Å². The minimum atomic E-state index is -0.287. The van der Waals surface area contributed by atoms with Gasteiger partial charge in [0.2, 0.25) is 11.8 Å². The van der Waals surface area contributed by atoms with Crippen LogP contribution in [0, 0.1) is 0 Å². The molecule has 2 N–H and O–H groups in total. The van der Waals surface area contributed by atoms with Crippen molar-refractivity contribution >= 4 is 17.8 Å². The Morgan fingerprint density at radius 3 is 2.32 bits per heavy atom. The molecule has 0 rings (SSSR count). The Morgan fingerprint density at radius 1 is 1.16 bits per heavy atom. The summed E-state index contributed by atoms with van der Waals surface area (Å²) in [6.07, 6.45) is 0.267. The van der Waals surface area contributed by atoms with Gasteiger partial charge in [0.05, 0.1) is 20.1 Å². The van der Waals surface area contributed by atoms with Gasteiger partial charge < -0.3 is 15.4 Å². The maximum atomic E-state index is 11.6. The predicted octanol–water partition coefficient (Wildman–Crippen LogP) is -0.876. The van der Waals surface area contributed by atoms with E-state index < -0.39 is 0 Å². The molecular formula is C12H23N3O4. The molecule has 0 aliphatic carbocycles. The number of ether oxygens (including phenoxy) is 1. The van der Waals surface area contributed by atoms with E-state index in [2.05, 4.69) is 15.4 Å². The van der Waals surface area contributed by atoms with Gasteiger partial charge in [0.15, 0.2) is 0 Å². The summed E-state index contributed by atoms with van der Waals surface area (Å²) in [5, 5.41) is 5.28. The zero-order chi connectivity index (χ0) is 14.7. The highest BCUT2D eigenvalue weighted by Crippen LogP contribution is 1.93. The van der Waals surface area contributed by atoms with Crippen molar-refractivity contribution in [3.05, 3.63) is 0 Å². The maximum Gasteiger partial charge on any atom is 0.306 e. The Morgan fingerprint density at radius 2 is 1.79 bits per heavy atom. The number of esters is 1. The minimum Gasteiger partial charge on any atom is -0.469 e. The van der Waals surface area contributed by atoms with Gasteiger partial charge in [-0.15, -0.1) is 0 Å². The summed E-state index contributed by atoms with van der Waals surface area (Å²) in [7, 11) is 1.34. The molecule has 0 saturated carbocycles. The van der Waals surface area contributed by atoms with Crippen LogP contribution in [0.1, 0.15) is 20.3 Å². The van der Waals surface area contributed by atoms with Crippen LogP contribution in [0.25, 0.3) is 0 Å². The predicted molar refractivity (Wildman–Crippen MR) is 70.4 cm³/mol. The van der Waals surface area contributed by atoms with Crippen LogP contribution in [0.2, 0.25) is 0 Å². The molecule has 0 unspecified atom stereocenters. The van der Waals surface area contributed by atoms with Crippen molar-refractivity contribution in [2.45, 2.75) is 20.3 Å². The van der Waals surface area contributed by atoms with E-state index in [1.807, 2.05) is 11.8 Å². The molecule has 0 spiro atoms. The molecule has 0 radical (unpaired) electrons. The molecule has 0 aromatic heterocycles. The fraction of sp³-hybridized carbons (Fsp3) is 0.750. The van der Waals surface area contributed by atoms with E-state index >= 15 is 0 Å². The Hall–Kier alpha value is -1.63. The maximum absolute atomic E-state index is 11.6. The van der Waals surface area contributed by atoms with Gasteiger partial charge in [-0.05, 0) is 6.54 Å². The van der Waals surface area contributed by atoms with Gasteiger partial charge in [0.25, 0.3) is 0 Å². The smallest absolute Gasteiger partial charge is 0.306 e. The van der Waals surface area contributed by atoms with Gasteiger partial charge >= 0.3 is 5.97 Å². The Labute approximate surface area is 113 Å². The number of hydrogen-bond donors (Lipinski definition) is 2. The van der Waals surface area contributed by atoms with Crippen molar-refractivity contribution < 1.29 is 19.1 Å². The molecule has 0 fully saturated rings. The van der Waals surface area contributed by atoms with E-state index in [0.717, 1.165) is 0 Å². The second-order valence-electron chi connectivity index (χ2n) is 4.03. The first kappa shape index (κ1) is 17.4. The third kappa shape index (κ3) is 10.0. The molecule has 110 valence electrons. The summed E-state index contributed by atoms with van der Waals surface area (Å²) in [6, 6.07) is 0. The molecule has 0 aromatic rings. The normalized spacial score (nSPS) is 10.1. The average molecular weight is 273 g/mol. The quantitative estimate of drug-likeness (QED) is 0.421. The molecule has 7 heteroatoms. The van der Waals surface area contributed by atoms with Crippen LogP contribution in [0.5, 0.6) is 0 Å². The number of hydrogen-bond acceptors (Lipinski definition) is 5. The van der Waals surface area contributed by atoms with Crippen molar-refractivity contribution in [3.8, 4) is 0 Å². The zero-order valence-corrected chi connectivity index (χ0v) is 11.8. The number of nitrogens with zero attached hydrogens (tertiary/aromatic N) is 1. The van der Waals surface area contributed by atoms with E-state index in [0.29, 0.717) is 26.2 Å². The Kier molecular flexibility index (Phi) is 9.42. The lowest BCUT2D eigenvalue weighted by molar-refractivity contribution is -0.141. The van der Waals surface area contributed by atoms with Crippen LogP contribution >= 0.6 is 0 Å². The average Bonchev–Trinajstić information content (AvgIpc) is 2.38. The number of likely N-dealkylation sites (N-methyl/N-ethyl adjacent to an activating group) is 1. The number of methoxy groups -OCH3 is 1. The Balaban J connectivity index is 3.80. The first-order valence-electron chi connectivity index (χ1n) is 6.29. The van der Waals surface area contributed by atoms with Gasteiger partial charge in [0.1, 0.15) is 0 Å². The molecular weight excluding hydrogens is 250 g/mol. The fourth-order valence-corrected chi connectivity index (χ4v) is 1.40. The molecule has 0 heterocycles. The van der Waals surface area contributed by atoms with Crippen molar-refractivity contribution in [2.24, 2.45) is 0 Å². The van der Waals surface area contributed by atoms with Gasteiger partial charge in [0, 0.05) is 26.6 Å². The summed E-state index contributed by atoms with van der Waals surface area (Å²) < 4.78 is 4.55. The second-order valence-corrected chi connectivity index (χ2v) is 4.03. The van der Waals surface area contributed by atoms with Crippen LogP contribution in [0.4, 0.5) is 0 Å². The summed E-state index contributed by atoms with van der Waals surface area (Å²) >= 11 is 0. The summed E-state index contributed by atoms with van der Waals surface area (Å²) in [5.41, 5.74) is 0. The third-order valence-corrected chi connectivity index (χ3v) is 2.50. The topological polar surface area (TPSA) is 87.7 Å². The molecule has 19 heavy (non-hydrogen) atoms. The lowest BCUT2D eigenvalue weighted by atomic mass is 10.3. The summed E-state index contributed by atoms with van der Waals surface area (Å²) in [6.45, 7) is 5.55. The molecule has 0 aromatic carbocycles. The third-order valence-electron chi connectivity index (χ3n) is 2.50. The highest BCUT2D eigenvalue weighted by Gasteiger charge is 2.10. The van der Waals surface area contributed by atoms with Crippen LogP contribution in [0.3, 0.4) is 0 Å². The number of amides is 2. The molecule has 0 aliphatic heterocycles. The number of carbonyl (C=O) groups excluding carboxylic acids is 3. The van der Waals surface area contributed by atoms with Gasteiger partial charge in [-0.3, -0.25) is 19.3 Å². The second kappa shape index (κ2) is 10.3. The van der Waals surface area contributed by atoms with Gasteiger partial charge in [-0.1, -0.05) is 6.92 Å². The number of carbonyl (C=O) groups is 3. The standard InChI is InChI=1S/C12H23N3O4/c1-4-15(8-5-12(18)19-3)9-11(17)14-7-6-13-10(2)16/h4-9H2,1-3H3,(H,13,16)(H,14,17). The molecule has 0 bridgehead atoms. The monoisotopic (exact) mass is 273 g/mol. The van der Waals surface area contributed by atoms with Crippen molar-refractivity contribution in [2.75, 3.05) is 39.8 Å². The lowest BCUT2D eigenvalue weighted by Crippen LogP contribution is -2.41. The molecule has 7 nitrogen and oxygen atoms in total. The highest BCUT2D eigenvalue weighted by atomic mass is 16.5. The molecule has 0 saturated heterocycles. The summed E-state index contributed by atoms with van der Waals surface area (Å²) in [4.78, 5) is 35.1. The Bertz CT molecular complexity index is 307. The summed E-state index contributed by atoms with van der Waals surface area (Å²) in [5.74, 6) is -0.538. The molecule has 0 aliphatic rings. The zero-order valence-electron chi connectivity index (χ0n) is 11.8. The lowest BCUT2D eigenvalue weighted by Gasteiger charge is -2.19. The molecule has 0 atom stereocenters. The first-order valence-corrected chi connectivity index (χ1v) is 6.29. The van der Waals surface area contributed by atoms with E-state index in [1.165, 1.54) is 14.0 Å². The van der Waals surface area contributed by atoms with E-state index in [9.17, 15) is 14.4 Å². The van der Waals surface area contributed by atoms with Crippen molar-refractivity contribution in [1.29, 1.82) is 0 Å².